The predicted molar refractivity (Wildman–Crippen MR) is 82.5 cm³/mol. The number of hydrogen-bond donors (Lipinski definition) is 3. The summed E-state index contributed by atoms with van der Waals surface area (Å²) in [6, 6.07) is 3.77. The number of aliphatic hydroxyl groups excluding tert-OH is 1. The lowest BCUT2D eigenvalue weighted by atomic mass is 10.1. The number of aromatic nitrogens is 2. The van der Waals surface area contributed by atoms with Crippen LogP contribution in [0.25, 0.3) is 0 Å². The molecule has 0 unspecified atom stereocenters. The Balaban J connectivity index is 2.27. The number of nitrogens with zero attached hydrogens (tertiary/aromatic N) is 3. The summed E-state index contributed by atoms with van der Waals surface area (Å²) in [4.78, 5) is 10.3. The van der Waals surface area contributed by atoms with E-state index in [4.69, 9.17) is 0 Å². The van der Waals surface area contributed by atoms with Crippen molar-refractivity contribution < 1.29 is 10.2 Å². The van der Waals surface area contributed by atoms with Gasteiger partial charge >= 0.3 is 0 Å². The van der Waals surface area contributed by atoms with E-state index >= 15 is 0 Å². The largest absolute Gasteiger partial charge is 0.506 e. The van der Waals surface area contributed by atoms with E-state index in [1.54, 1.807) is 19.3 Å². The van der Waals surface area contributed by atoms with Crippen LogP contribution in [-0.4, -0.2) is 34.3 Å². The summed E-state index contributed by atoms with van der Waals surface area (Å²) in [5.41, 5.74) is 2.67. The Bertz CT molecular complexity index is 629. The Morgan fingerprint density at radius 2 is 2.05 bits per heavy atom. The molecule has 2 heterocycles. The summed E-state index contributed by atoms with van der Waals surface area (Å²) in [5, 5.41) is 22.8. The summed E-state index contributed by atoms with van der Waals surface area (Å²) >= 11 is 0. The highest BCUT2D eigenvalue weighted by Crippen LogP contribution is 2.27. The highest BCUT2D eigenvalue weighted by molar-refractivity contribution is 5.65. The minimum atomic E-state index is -0.161. The summed E-state index contributed by atoms with van der Waals surface area (Å²) in [7, 11) is 3.83. The maximum Gasteiger partial charge on any atom is 0.151 e. The van der Waals surface area contributed by atoms with Crippen LogP contribution in [0.2, 0.25) is 0 Å². The number of nitrogens with one attached hydrogen (secondary N) is 1. The second-order valence-electron chi connectivity index (χ2n) is 4.98. The monoisotopic (exact) mass is 288 g/mol. The van der Waals surface area contributed by atoms with Crippen molar-refractivity contribution in [3.63, 3.8) is 0 Å². The van der Waals surface area contributed by atoms with Gasteiger partial charge in [0, 0.05) is 44.2 Å². The van der Waals surface area contributed by atoms with E-state index < -0.39 is 0 Å². The van der Waals surface area contributed by atoms with Crippen LogP contribution in [0.1, 0.15) is 16.8 Å². The highest BCUT2D eigenvalue weighted by Gasteiger charge is 2.12. The van der Waals surface area contributed by atoms with Crippen molar-refractivity contribution >= 4 is 11.5 Å². The number of aryl methyl sites for hydroxylation is 1. The molecule has 0 spiro atoms. The number of hydrogen-bond acceptors (Lipinski definition) is 6. The van der Waals surface area contributed by atoms with Gasteiger partial charge in [-0.2, -0.15) is 0 Å². The zero-order valence-electron chi connectivity index (χ0n) is 12.5. The number of pyridine rings is 2. The van der Waals surface area contributed by atoms with Crippen LogP contribution in [0.3, 0.4) is 0 Å². The molecule has 2 aromatic heterocycles. The first-order valence-electron chi connectivity index (χ1n) is 6.68. The van der Waals surface area contributed by atoms with Gasteiger partial charge in [-0.25, -0.2) is 4.98 Å². The van der Waals surface area contributed by atoms with Crippen molar-refractivity contribution in [3.8, 4) is 5.75 Å². The molecule has 0 atom stereocenters. The fraction of sp³-hybridized carbons (Fsp3) is 0.333. The van der Waals surface area contributed by atoms with Crippen LogP contribution in [0, 0.1) is 6.92 Å². The molecule has 0 saturated carbocycles. The minimum absolute atomic E-state index is 0.115. The summed E-state index contributed by atoms with van der Waals surface area (Å²) < 4.78 is 0. The average molecular weight is 288 g/mol. The quantitative estimate of drug-likeness (QED) is 0.776. The molecular formula is C15H20N4O2. The van der Waals surface area contributed by atoms with E-state index in [-0.39, 0.29) is 12.4 Å². The summed E-state index contributed by atoms with van der Waals surface area (Å²) in [5.74, 6) is 0.928. The predicted octanol–water partition coefficient (Wildman–Crippen LogP) is 1.66. The third-order valence-corrected chi connectivity index (χ3v) is 3.27. The molecule has 0 aliphatic heterocycles. The molecule has 6 heteroatoms. The molecule has 0 fully saturated rings. The highest BCUT2D eigenvalue weighted by atomic mass is 16.3. The van der Waals surface area contributed by atoms with Gasteiger partial charge in [-0.3, -0.25) is 4.98 Å². The number of aliphatic hydroxyl groups is 1. The van der Waals surface area contributed by atoms with Crippen molar-refractivity contribution in [3.05, 3.63) is 41.3 Å². The molecule has 6 nitrogen and oxygen atoms in total. The van der Waals surface area contributed by atoms with Gasteiger partial charge in [0.2, 0.25) is 0 Å². The van der Waals surface area contributed by atoms with E-state index in [1.165, 1.54) is 0 Å². The zero-order valence-corrected chi connectivity index (χ0v) is 12.5. The lowest BCUT2D eigenvalue weighted by Crippen LogP contribution is -2.14. The van der Waals surface area contributed by atoms with E-state index in [2.05, 4.69) is 15.3 Å². The normalized spacial score (nSPS) is 10.5. The Morgan fingerprint density at radius 3 is 2.71 bits per heavy atom. The molecule has 0 aliphatic rings. The second-order valence-corrected chi connectivity index (χ2v) is 4.98. The third kappa shape index (κ3) is 3.22. The van der Waals surface area contributed by atoms with Gasteiger partial charge in [-0.15, -0.1) is 0 Å². The van der Waals surface area contributed by atoms with Crippen molar-refractivity contribution in [1.82, 2.24) is 9.97 Å². The third-order valence-electron chi connectivity index (χ3n) is 3.27. The van der Waals surface area contributed by atoms with Crippen LogP contribution in [0.5, 0.6) is 5.75 Å². The summed E-state index contributed by atoms with van der Waals surface area (Å²) in [6.07, 6.45) is 3.32. The molecular weight excluding hydrogens is 268 g/mol. The van der Waals surface area contributed by atoms with Crippen LogP contribution in [0.4, 0.5) is 11.5 Å². The van der Waals surface area contributed by atoms with Crippen LogP contribution >= 0.6 is 0 Å². The van der Waals surface area contributed by atoms with Gasteiger partial charge < -0.3 is 20.4 Å². The SMILES string of the molecule is Cc1ncc(CO)c(CNc2cccnc2N(C)C)c1O. The molecule has 2 aromatic rings. The lowest BCUT2D eigenvalue weighted by molar-refractivity contribution is 0.279. The fourth-order valence-electron chi connectivity index (χ4n) is 2.09. The molecule has 0 amide bonds. The van der Waals surface area contributed by atoms with E-state index in [0.717, 1.165) is 11.5 Å². The van der Waals surface area contributed by atoms with Crippen molar-refractivity contribution in [2.45, 2.75) is 20.1 Å². The first kappa shape index (κ1) is 15.1. The van der Waals surface area contributed by atoms with E-state index in [0.29, 0.717) is 23.4 Å². The van der Waals surface area contributed by atoms with E-state index in [1.807, 2.05) is 31.1 Å². The van der Waals surface area contributed by atoms with Crippen molar-refractivity contribution in [2.75, 3.05) is 24.3 Å². The Kier molecular flexibility index (Phi) is 4.59. The molecule has 112 valence electrons. The Hall–Kier alpha value is -2.34. The van der Waals surface area contributed by atoms with Gasteiger partial charge in [-0.1, -0.05) is 0 Å². The van der Waals surface area contributed by atoms with Crippen LogP contribution < -0.4 is 10.2 Å². The first-order valence-corrected chi connectivity index (χ1v) is 6.68. The van der Waals surface area contributed by atoms with Gasteiger partial charge in [0.15, 0.2) is 5.82 Å². The minimum Gasteiger partial charge on any atom is -0.506 e. The molecule has 0 saturated heterocycles. The van der Waals surface area contributed by atoms with Gasteiger partial charge in [0.25, 0.3) is 0 Å². The smallest absolute Gasteiger partial charge is 0.151 e. The lowest BCUT2D eigenvalue weighted by Gasteiger charge is -2.18. The maximum atomic E-state index is 10.1. The standard InChI is InChI=1S/C15H20N4O2/c1-10-14(21)12(11(9-20)7-17-10)8-18-13-5-4-6-16-15(13)19(2)3/h4-7,18,20-21H,8-9H2,1-3H3. The van der Waals surface area contributed by atoms with Crippen molar-refractivity contribution in [1.29, 1.82) is 0 Å². The molecule has 0 bridgehead atoms. The fourth-order valence-corrected chi connectivity index (χ4v) is 2.09. The molecule has 2 rings (SSSR count). The van der Waals surface area contributed by atoms with Gasteiger partial charge in [-0.05, 0) is 19.1 Å². The molecule has 21 heavy (non-hydrogen) atoms. The number of rotatable bonds is 5. The van der Waals surface area contributed by atoms with Crippen LogP contribution in [0.15, 0.2) is 24.5 Å². The van der Waals surface area contributed by atoms with E-state index in [9.17, 15) is 10.2 Å². The molecule has 0 aromatic carbocycles. The van der Waals surface area contributed by atoms with Crippen molar-refractivity contribution in [2.24, 2.45) is 0 Å². The molecule has 0 radical (unpaired) electrons. The average Bonchev–Trinajstić information content (AvgIpc) is 2.49. The maximum absolute atomic E-state index is 10.1. The second kappa shape index (κ2) is 6.41. The molecule has 3 N–H and O–H groups in total. The number of anilines is 2. The Morgan fingerprint density at radius 1 is 1.29 bits per heavy atom. The number of aromatic hydroxyl groups is 1. The molecule has 0 aliphatic carbocycles. The zero-order chi connectivity index (χ0) is 15.4. The first-order chi connectivity index (χ1) is 10.0. The van der Waals surface area contributed by atoms with Gasteiger partial charge in [0.05, 0.1) is 18.0 Å². The van der Waals surface area contributed by atoms with Gasteiger partial charge in [0.1, 0.15) is 5.75 Å². The topological polar surface area (TPSA) is 81.5 Å². The summed E-state index contributed by atoms with van der Waals surface area (Å²) in [6.45, 7) is 1.96. The van der Waals surface area contributed by atoms with Crippen LogP contribution in [-0.2, 0) is 13.2 Å². The Labute approximate surface area is 124 Å².